The molecule has 3 heteroatoms. The molecule has 1 aromatic heterocycles. The Bertz CT molecular complexity index is 703. The van der Waals surface area contributed by atoms with Crippen molar-refractivity contribution in [3.8, 4) is 0 Å². The van der Waals surface area contributed by atoms with E-state index in [4.69, 9.17) is 0 Å². The molecule has 26 heavy (non-hydrogen) atoms. The van der Waals surface area contributed by atoms with E-state index in [-0.39, 0.29) is 5.54 Å². The second-order valence-corrected chi connectivity index (χ2v) is 8.61. The van der Waals surface area contributed by atoms with Gasteiger partial charge in [0, 0.05) is 31.0 Å². The van der Waals surface area contributed by atoms with Crippen molar-refractivity contribution in [3.05, 3.63) is 66.0 Å². The standard InChI is InChI=1S/C23H31N3/c1-25(2)23(21-8-4-3-5-9-21)12-10-22(11-13-23)14-16-26(19-22)18-20-7-6-15-24-17-20/h3-9,15,17H,10-14,16,18-19H2,1-2H3. The number of benzene rings is 1. The highest BCUT2D eigenvalue weighted by atomic mass is 15.2. The van der Waals surface area contributed by atoms with Crippen LogP contribution in [-0.2, 0) is 12.1 Å². The van der Waals surface area contributed by atoms with Crippen LogP contribution in [0, 0.1) is 5.41 Å². The van der Waals surface area contributed by atoms with E-state index in [0.717, 1.165) is 6.54 Å². The number of rotatable bonds is 4. The second-order valence-electron chi connectivity index (χ2n) is 8.61. The molecule has 138 valence electrons. The number of aromatic nitrogens is 1. The van der Waals surface area contributed by atoms with Crippen LogP contribution >= 0.6 is 0 Å². The van der Waals surface area contributed by atoms with Crippen LogP contribution in [0.1, 0.15) is 43.2 Å². The van der Waals surface area contributed by atoms with Crippen LogP contribution in [0.15, 0.2) is 54.9 Å². The summed E-state index contributed by atoms with van der Waals surface area (Å²) in [5.41, 5.74) is 3.57. The first kappa shape index (κ1) is 17.7. The molecule has 0 amide bonds. The normalized spacial score (nSPS) is 29.5. The Hall–Kier alpha value is -1.71. The maximum atomic E-state index is 4.27. The molecule has 0 atom stereocenters. The van der Waals surface area contributed by atoms with Crippen LogP contribution in [0.3, 0.4) is 0 Å². The van der Waals surface area contributed by atoms with Gasteiger partial charge >= 0.3 is 0 Å². The third-order valence-corrected chi connectivity index (χ3v) is 6.95. The summed E-state index contributed by atoms with van der Waals surface area (Å²) in [7, 11) is 4.52. The van der Waals surface area contributed by atoms with Gasteiger partial charge in [0.25, 0.3) is 0 Å². The van der Waals surface area contributed by atoms with Gasteiger partial charge in [0.1, 0.15) is 0 Å². The van der Waals surface area contributed by atoms with Crippen molar-refractivity contribution in [1.82, 2.24) is 14.8 Å². The molecule has 1 saturated carbocycles. The fourth-order valence-electron chi connectivity index (χ4n) is 5.26. The first-order valence-corrected chi connectivity index (χ1v) is 9.96. The molecule has 2 aliphatic rings. The van der Waals surface area contributed by atoms with E-state index in [1.165, 1.54) is 56.3 Å². The fraction of sp³-hybridized carbons (Fsp3) is 0.522. The quantitative estimate of drug-likeness (QED) is 0.820. The van der Waals surface area contributed by atoms with E-state index in [2.05, 4.69) is 65.3 Å². The lowest BCUT2D eigenvalue weighted by atomic mass is 9.64. The van der Waals surface area contributed by atoms with Gasteiger partial charge in [0.05, 0.1) is 0 Å². The molecule has 4 rings (SSSR count). The Morgan fingerprint density at radius 2 is 1.73 bits per heavy atom. The van der Waals surface area contributed by atoms with Crippen LogP contribution in [0.2, 0.25) is 0 Å². The molecule has 1 aliphatic heterocycles. The molecular weight excluding hydrogens is 318 g/mol. The molecule has 3 nitrogen and oxygen atoms in total. The third-order valence-electron chi connectivity index (χ3n) is 6.95. The summed E-state index contributed by atoms with van der Waals surface area (Å²) >= 11 is 0. The summed E-state index contributed by atoms with van der Waals surface area (Å²) in [6, 6.07) is 15.4. The molecule has 1 aliphatic carbocycles. The molecule has 1 spiro atoms. The second kappa shape index (κ2) is 7.13. The summed E-state index contributed by atoms with van der Waals surface area (Å²) in [4.78, 5) is 9.38. The monoisotopic (exact) mass is 349 g/mol. The van der Waals surface area contributed by atoms with Crippen molar-refractivity contribution in [3.63, 3.8) is 0 Å². The molecule has 2 fully saturated rings. The minimum absolute atomic E-state index is 0.212. The molecular formula is C23H31N3. The van der Waals surface area contributed by atoms with Gasteiger partial charge in [0.15, 0.2) is 0 Å². The molecule has 0 unspecified atom stereocenters. The average Bonchev–Trinajstić information content (AvgIpc) is 3.06. The number of pyridine rings is 1. The number of nitrogens with zero attached hydrogens (tertiary/aromatic N) is 3. The first-order valence-electron chi connectivity index (χ1n) is 9.96. The van der Waals surface area contributed by atoms with Gasteiger partial charge in [-0.25, -0.2) is 0 Å². The van der Waals surface area contributed by atoms with Crippen LogP contribution in [0.5, 0.6) is 0 Å². The van der Waals surface area contributed by atoms with Gasteiger partial charge < -0.3 is 0 Å². The zero-order valence-electron chi connectivity index (χ0n) is 16.2. The molecule has 2 heterocycles. The molecule has 1 aromatic carbocycles. The topological polar surface area (TPSA) is 19.4 Å². The summed E-state index contributed by atoms with van der Waals surface area (Å²) in [5, 5.41) is 0. The smallest absolute Gasteiger partial charge is 0.0455 e. The SMILES string of the molecule is CN(C)C1(c2ccccc2)CCC2(CCN(Cc3cccnc3)C2)CC1. The van der Waals surface area contributed by atoms with E-state index in [9.17, 15) is 0 Å². The third kappa shape index (κ3) is 3.30. The Morgan fingerprint density at radius 1 is 0.962 bits per heavy atom. The lowest BCUT2D eigenvalue weighted by molar-refractivity contribution is 0.0378. The minimum Gasteiger partial charge on any atom is -0.300 e. The summed E-state index contributed by atoms with van der Waals surface area (Å²) in [5.74, 6) is 0. The van der Waals surface area contributed by atoms with Crippen LogP contribution < -0.4 is 0 Å². The molecule has 2 aromatic rings. The zero-order valence-corrected chi connectivity index (χ0v) is 16.2. The van der Waals surface area contributed by atoms with Crippen molar-refractivity contribution in [2.24, 2.45) is 5.41 Å². The summed E-state index contributed by atoms with van der Waals surface area (Å²) in [6.07, 6.45) is 10.4. The van der Waals surface area contributed by atoms with Gasteiger partial charge in [-0.15, -0.1) is 0 Å². The van der Waals surface area contributed by atoms with Crippen molar-refractivity contribution in [2.45, 2.75) is 44.2 Å². The van der Waals surface area contributed by atoms with Crippen molar-refractivity contribution in [1.29, 1.82) is 0 Å². The predicted molar refractivity (Wildman–Crippen MR) is 107 cm³/mol. The van der Waals surface area contributed by atoms with Gasteiger partial charge in [-0.05, 0) is 75.4 Å². The predicted octanol–water partition coefficient (Wildman–Crippen LogP) is 4.30. The van der Waals surface area contributed by atoms with Crippen molar-refractivity contribution < 1.29 is 0 Å². The minimum atomic E-state index is 0.212. The zero-order chi connectivity index (χ0) is 18.0. The van der Waals surface area contributed by atoms with Crippen LogP contribution in [0.4, 0.5) is 0 Å². The Kier molecular flexibility index (Phi) is 4.85. The van der Waals surface area contributed by atoms with Gasteiger partial charge in [-0.3, -0.25) is 14.8 Å². The first-order chi connectivity index (χ1) is 12.6. The van der Waals surface area contributed by atoms with Crippen LogP contribution in [0.25, 0.3) is 0 Å². The van der Waals surface area contributed by atoms with Gasteiger partial charge in [-0.2, -0.15) is 0 Å². The highest BCUT2D eigenvalue weighted by Gasteiger charge is 2.47. The molecule has 0 radical (unpaired) electrons. The van der Waals surface area contributed by atoms with E-state index in [1.54, 1.807) is 0 Å². The Labute approximate surface area is 158 Å². The lowest BCUT2D eigenvalue weighted by Gasteiger charge is -2.49. The maximum absolute atomic E-state index is 4.27. The van der Waals surface area contributed by atoms with Crippen LogP contribution in [-0.4, -0.2) is 42.0 Å². The Balaban J connectivity index is 1.44. The number of hydrogen-bond acceptors (Lipinski definition) is 3. The van der Waals surface area contributed by atoms with Gasteiger partial charge in [0.2, 0.25) is 0 Å². The summed E-state index contributed by atoms with van der Waals surface area (Å²) in [6.45, 7) is 3.53. The highest BCUT2D eigenvalue weighted by molar-refractivity contribution is 5.26. The van der Waals surface area contributed by atoms with Crippen molar-refractivity contribution in [2.75, 3.05) is 27.2 Å². The summed E-state index contributed by atoms with van der Waals surface area (Å²) < 4.78 is 0. The molecule has 1 saturated heterocycles. The van der Waals surface area contributed by atoms with E-state index >= 15 is 0 Å². The molecule has 0 bridgehead atoms. The maximum Gasteiger partial charge on any atom is 0.0455 e. The molecule has 0 N–H and O–H groups in total. The van der Waals surface area contributed by atoms with Gasteiger partial charge in [-0.1, -0.05) is 36.4 Å². The number of hydrogen-bond donors (Lipinski definition) is 0. The largest absolute Gasteiger partial charge is 0.300 e. The lowest BCUT2D eigenvalue weighted by Crippen LogP contribution is -2.47. The fourth-order valence-corrected chi connectivity index (χ4v) is 5.26. The average molecular weight is 350 g/mol. The van der Waals surface area contributed by atoms with E-state index in [0.29, 0.717) is 5.41 Å². The van der Waals surface area contributed by atoms with E-state index < -0.39 is 0 Å². The van der Waals surface area contributed by atoms with E-state index in [1.807, 2.05) is 18.5 Å². The highest BCUT2D eigenvalue weighted by Crippen LogP contribution is 2.51. The van der Waals surface area contributed by atoms with Crippen molar-refractivity contribution >= 4 is 0 Å². The Morgan fingerprint density at radius 3 is 2.38 bits per heavy atom. The number of likely N-dealkylation sites (tertiary alicyclic amines) is 1.